The Morgan fingerprint density at radius 1 is 1.08 bits per heavy atom. The minimum absolute atomic E-state index is 0.0148. The maximum absolute atomic E-state index is 12.5. The van der Waals surface area contributed by atoms with Crippen LogP contribution in [0.15, 0.2) is 52.9 Å². The molecule has 1 aliphatic rings. The Bertz CT molecular complexity index is 827. The molecule has 0 amide bonds. The zero-order valence-corrected chi connectivity index (χ0v) is 16.4. The monoisotopic (exact) mass is 371 g/mol. The van der Waals surface area contributed by atoms with Crippen molar-refractivity contribution >= 4 is 17.0 Å². The van der Waals surface area contributed by atoms with Crippen molar-refractivity contribution in [2.24, 2.45) is 10.1 Å². The van der Waals surface area contributed by atoms with E-state index in [-0.39, 0.29) is 11.3 Å². The lowest BCUT2D eigenvalue weighted by molar-refractivity contribution is 0.0848. The molecule has 2 aromatic rings. The molecule has 0 fully saturated rings. The first-order valence-electron chi connectivity index (χ1n) is 8.54. The van der Waals surface area contributed by atoms with Crippen molar-refractivity contribution in [2.75, 3.05) is 14.1 Å². The van der Waals surface area contributed by atoms with Gasteiger partial charge in [0.2, 0.25) is 0 Å². The maximum atomic E-state index is 12.5. The van der Waals surface area contributed by atoms with E-state index in [2.05, 4.69) is 47.7 Å². The van der Waals surface area contributed by atoms with Crippen LogP contribution in [0.1, 0.15) is 30.2 Å². The molecule has 2 N–H and O–H groups in total. The quantitative estimate of drug-likeness (QED) is 0.896. The highest BCUT2D eigenvalue weighted by atomic mass is 32.2. The third-order valence-corrected chi connectivity index (χ3v) is 5.98. The van der Waals surface area contributed by atoms with Gasteiger partial charge in [0.25, 0.3) is 6.02 Å². The molecule has 0 bridgehead atoms. The van der Waals surface area contributed by atoms with E-state index in [0.29, 0.717) is 0 Å². The van der Waals surface area contributed by atoms with E-state index in [0.717, 1.165) is 23.2 Å². The minimum atomic E-state index is -1.46. The van der Waals surface area contributed by atoms with Crippen LogP contribution in [0.4, 0.5) is 0 Å². The number of nitrogens with two attached hydrogens (primary N) is 1. The number of nitrogens with zero attached hydrogens (tertiary/aromatic N) is 2. The molecule has 0 aromatic heterocycles. The summed E-state index contributed by atoms with van der Waals surface area (Å²) >= 11 is 0. The van der Waals surface area contributed by atoms with Crippen molar-refractivity contribution in [2.45, 2.75) is 31.2 Å². The SMILES string of the molecule is CN(C)Cc1ccc(-c2ccc(C3S(=O)N=C(N)OC3(C)C)cc2)cc1. The Hall–Kier alpha value is -2.18. The largest absolute Gasteiger partial charge is 0.457 e. The summed E-state index contributed by atoms with van der Waals surface area (Å²) in [4.78, 5) is 2.15. The van der Waals surface area contributed by atoms with E-state index in [1.807, 2.05) is 38.1 Å². The molecule has 0 radical (unpaired) electrons. The van der Waals surface area contributed by atoms with Crippen LogP contribution >= 0.6 is 0 Å². The molecule has 0 spiro atoms. The van der Waals surface area contributed by atoms with E-state index in [9.17, 15) is 4.21 Å². The minimum Gasteiger partial charge on any atom is -0.457 e. The lowest BCUT2D eigenvalue weighted by atomic mass is 9.95. The van der Waals surface area contributed by atoms with Crippen LogP contribution in [0.5, 0.6) is 0 Å². The smallest absolute Gasteiger partial charge is 0.296 e. The Morgan fingerprint density at radius 2 is 1.62 bits per heavy atom. The van der Waals surface area contributed by atoms with Crippen LogP contribution in [0.2, 0.25) is 0 Å². The third kappa shape index (κ3) is 3.97. The van der Waals surface area contributed by atoms with Crippen molar-refractivity contribution in [1.29, 1.82) is 0 Å². The lowest BCUT2D eigenvalue weighted by Crippen LogP contribution is -2.43. The molecule has 2 aromatic carbocycles. The van der Waals surface area contributed by atoms with Gasteiger partial charge in [0, 0.05) is 6.54 Å². The van der Waals surface area contributed by atoms with Crippen LogP contribution < -0.4 is 5.73 Å². The van der Waals surface area contributed by atoms with Crippen LogP contribution in [0, 0.1) is 0 Å². The number of amidine groups is 1. The molecule has 3 rings (SSSR count). The summed E-state index contributed by atoms with van der Waals surface area (Å²) in [6, 6.07) is 16.6. The molecule has 1 aliphatic heterocycles. The van der Waals surface area contributed by atoms with E-state index in [1.54, 1.807) is 0 Å². The van der Waals surface area contributed by atoms with Gasteiger partial charge in [-0.25, -0.2) is 4.21 Å². The number of rotatable bonds is 4. The van der Waals surface area contributed by atoms with Gasteiger partial charge in [-0.2, -0.15) is 0 Å². The number of benzene rings is 2. The fourth-order valence-corrected chi connectivity index (χ4v) is 4.51. The maximum Gasteiger partial charge on any atom is 0.296 e. The van der Waals surface area contributed by atoms with Gasteiger partial charge in [-0.05, 0) is 50.2 Å². The van der Waals surface area contributed by atoms with Crippen molar-refractivity contribution in [3.05, 3.63) is 59.7 Å². The second kappa shape index (κ2) is 7.21. The van der Waals surface area contributed by atoms with Gasteiger partial charge in [0.15, 0.2) is 11.0 Å². The van der Waals surface area contributed by atoms with Crippen molar-refractivity contribution in [3.63, 3.8) is 0 Å². The van der Waals surface area contributed by atoms with Gasteiger partial charge in [-0.3, -0.25) is 0 Å². The van der Waals surface area contributed by atoms with Crippen molar-refractivity contribution in [1.82, 2.24) is 4.90 Å². The first-order valence-corrected chi connectivity index (χ1v) is 9.71. The summed E-state index contributed by atoms with van der Waals surface area (Å²) in [6.07, 6.45) is 0. The van der Waals surface area contributed by atoms with Gasteiger partial charge in [-0.1, -0.05) is 48.5 Å². The van der Waals surface area contributed by atoms with Crippen LogP contribution in [-0.4, -0.2) is 34.8 Å². The fraction of sp³-hybridized carbons (Fsp3) is 0.350. The summed E-state index contributed by atoms with van der Waals surface area (Å²) in [7, 11) is 2.67. The molecule has 5 nitrogen and oxygen atoms in total. The standard InChI is InChI=1S/C20H25N3O2S/c1-20(2)18(26(24)22-19(21)25-20)17-11-9-16(10-12-17)15-7-5-14(6-8-15)13-23(3)4/h5-12,18H,13H2,1-4H3,(H2,21,22). The normalized spacial score (nSPS) is 22.0. The zero-order valence-electron chi connectivity index (χ0n) is 15.6. The summed E-state index contributed by atoms with van der Waals surface area (Å²) in [5.74, 6) is 0. The van der Waals surface area contributed by atoms with Gasteiger partial charge in [0.05, 0.1) is 0 Å². The predicted octanol–water partition coefficient (Wildman–Crippen LogP) is 3.24. The molecular formula is C20H25N3O2S. The van der Waals surface area contributed by atoms with Gasteiger partial charge < -0.3 is 15.4 Å². The Morgan fingerprint density at radius 3 is 2.12 bits per heavy atom. The van der Waals surface area contributed by atoms with Gasteiger partial charge >= 0.3 is 0 Å². The van der Waals surface area contributed by atoms with E-state index >= 15 is 0 Å². The Balaban J connectivity index is 1.83. The van der Waals surface area contributed by atoms with Crippen LogP contribution in [-0.2, 0) is 22.3 Å². The van der Waals surface area contributed by atoms with Crippen LogP contribution in [0.25, 0.3) is 11.1 Å². The van der Waals surface area contributed by atoms with Crippen molar-refractivity contribution < 1.29 is 8.95 Å². The van der Waals surface area contributed by atoms with Gasteiger partial charge in [0.1, 0.15) is 10.9 Å². The average Bonchev–Trinajstić information content (AvgIpc) is 2.54. The van der Waals surface area contributed by atoms with E-state index < -0.39 is 16.6 Å². The highest BCUT2D eigenvalue weighted by Crippen LogP contribution is 2.38. The van der Waals surface area contributed by atoms with E-state index in [1.165, 1.54) is 5.56 Å². The second-order valence-corrected chi connectivity index (χ2v) is 8.55. The molecule has 2 unspecified atom stereocenters. The highest BCUT2D eigenvalue weighted by molar-refractivity contribution is 7.84. The fourth-order valence-electron chi connectivity index (χ4n) is 3.26. The number of hydrogen-bond acceptors (Lipinski definition) is 4. The molecule has 1 heterocycles. The Kier molecular flexibility index (Phi) is 5.16. The molecule has 138 valence electrons. The predicted molar refractivity (Wildman–Crippen MR) is 107 cm³/mol. The molecule has 0 saturated carbocycles. The second-order valence-electron chi connectivity index (χ2n) is 7.35. The van der Waals surface area contributed by atoms with Crippen molar-refractivity contribution in [3.8, 4) is 11.1 Å². The molecule has 0 aliphatic carbocycles. The Labute approximate surface area is 157 Å². The lowest BCUT2D eigenvalue weighted by Gasteiger charge is -2.35. The molecule has 2 atom stereocenters. The average molecular weight is 372 g/mol. The number of ether oxygens (including phenoxy) is 1. The summed E-state index contributed by atoms with van der Waals surface area (Å²) in [6.45, 7) is 4.69. The molecule has 0 saturated heterocycles. The van der Waals surface area contributed by atoms with E-state index in [4.69, 9.17) is 10.5 Å². The van der Waals surface area contributed by atoms with Crippen LogP contribution in [0.3, 0.4) is 0 Å². The molecule has 26 heavy (non-hydrogen) atoms. The topological polar surface area (TPSA) is 67.9 Å². The first kappa shape index (κ1) is 18.6. The number of hydrogen-bond donors (Lipinski definition) is 1. The zero-order chi connectivity index (χ0) is 18.9. The van der Waals surface area contributed by atoms with Gasteiger partial charge in [-0.15, -0.1) is 4.40 Å². The summed E-state index contributed by atoms with van der Waals surface area (Å²) in [5.41, 5.74) is 9.42. The summed E-state index contributed by atoms with van der Waals surface area (Å²) < 4.78 is 22.0. The highest BCUT2D eigenvalue weighted by Gasteiger charge is 2.41. The first-order chi connectivity index (χ1) is 12.3. The molecular weight excluding hydrogens is 346 g/mol. The molecule has 6 heteroatoms. The third-order valence-electron chi connectivity index (χ3n) is 4.38. The summed E-state index contributed by atoms with van der Waals surface area (Å²) in [5, 5.41) is -0.355.